The zero-order chi connectivity index (χ0) is 21.6. The molecule has 6 N–H and O–H groups in total. The number of nitrogens with zero attached hydrogens (tertiary/aromatic N) is 2. The van der Waals surface area contributed by atoms with E-state index < -0.39 is 35.2 Å². The van der Waals surface area contributed by atoms with Gasteiger partial charge in [0.2, 0.25) is 5.91 Å². The number of aromatic nitrogens is 1. The molecule has 0 aliphatic carbocycles. The van der Waals surface area contributed by atoms with E-state index in [9.17, 15) is 19.5 Å². The van der Waals surface area contributed by atoms with Crippen molar-refractivity contribution in [2.45, 2.75) is 24.4 Å². The fourth-order valence-electron chi connectivity index (χ4n) is 3.52. The van der Waals surface area contributed by atoms with Crippen LogP contribution in [-0.2, 0) is 14.4 Å². The van der Waals surface area contributed by atoms with Gasteiger partial charge in [-0.25, -0.2) is 9.78 Å². The van der Waals surface area contributed by atoms with Crippen molar-refractivity contribution < 1.29 is 19.5 Å². The number of hydrogen-bond donors (Lipinski definition) is 4. The Labute approximate surface area is 179 Å². The minimum absolute atomic E-state index is 0.0371. The second-order valence-electron chi connectivity index (χ2n) is 6.83. The maximum Gasteiger partial charge on any atom is 0.352 e. The standard InChI is InChI=1S/C19H19N5O4S2/c1-2-3-9-7-29-17-13(16(26)24(17)14(9)18(27)28)23-15(25)12(20)8-4-5-10-11(6-8)30-19(21)22-10/h2-6,12-13,17H,7,20H2,1H3,(H2,21,22)(H,23,25)(H,27,28)/b3-2-. The van der Waals surface area contributed by atoms with Crippen molar-refractivity contribution in [1.29, 1.82) is 0 Å². The van der Waals surface area contributed by atoms with Crippen molar-refractivity contribution in [3.8, 4) is 0 Å². The van der Waals surface area contributed by atoms with Gasteiger partial charge in [0.25, 0.3) is 5.91 Å². The number of benzene rings is 1. The normalized spacial score (nSPS) is 22.2. The van der Waals surface area contributed by atoms with E-state index in [0.29, 0.717) is 22.0 Å². The number of allylic oxidation sites excluding steroid dienone is 2. The largest absolute Gasteiger partial charge is 0.477 e. The lowest BCUT2D eigenvalue weighted by Crippen LogP contribution is -2.71. The van der Waals surface area contributed by atoms with Crippen LogP contribution in [0.5, 0.6) is 0 Å². The van der Waals surface area contributed by atoms with E-state index in [1.54, 1.807) is 37.3 Å². The molecule has 1 aromatic heterocycles. The zero-order valence-electron chi connectivity index (χ0n) is 15.9. The lowest BCUT2D eigenvalue weighted by atomic mass is 10.0. The number of nitrogen functional groups attached to an aromatic ring is 1. The highest BCUT2D eigenvalue weighted by Crippen LogP contribution is 2.40. The first kappa shape index (κ1) is 20.4. The highest BCUT2D eigenvalue weighted by molar-refractivity contribution is 8.00. The first-order valence-corrected chi connectivity index (χ1v) is 10.9. The van der Waals surface area contributed by atoms with Crippen LogP contribution in [0.25, 0.3) is 10.2 Å². The number of thioether (sulfide) groups is 1. The number of rotatable bonds is 5. The molecule has 3 unspecified atom stereocenters. The summed E-state index contributed by atoms with van der Waals surface area (Å²) in [7, 11) is 0. The minimum Gasteiger partial charge on any atom is -0.477 e. The smallest absolute Gasteiger partial charge is 0.352 e. The van der Waals surface area contributed by atoms with Crippen LogP contribution in [0.2, 0.25) is 0 Å². The molecule has 2 aromatic rings. The van der Waals surface area contributed by atoms with Gasteiger partial charge in [0, 0.05) is 5.75 Å². The maximum atomic E-state index is 12.7. The number of carboxylic acids is 1. The Bertz CT molecular complexity index is 1130. The molecule has 1 saturated heterocycles. The molecular weight excluding hydrogens is 426 g/mol. The third-order valence-corrected chi connectivity index (χ3v) is 7.09. The second kappa shape index (κ2) is 7.74. The number of aliphatic carboxylic acids is 1. The molecular formula is C19H19N5O4S2. The van der Waals surface area contributed by atoms with Crippen LogP contribution in [0.1, 0.15) is 18.5 Å². The molecule has 1 fully saturated rings. The number of carbonyl (C=O) groups excluding carboxylic acids is 2. The van der Waals surface area contributed by atoms with Gasteiger partial charge in [0.15, 0.2) is 5.13 Å². The van der Waals surface area contributed by atoms with Crippen molar-refractivity contribution in [2.75, 3.05) is 11.5 Å². The second-order valence-corrected chi connectivity index (χ2v) is 9.00. The van der Waals surface area contributed by atoms with E-state index in [1.807, 2.05) is 0 Å². The van der Waals surface area contributed by atoms with Crippen molar-refractivity contribution in [2.24, 2.45) is 5.73 Å². The Morgan fingerprint density at radius 1 is 1.43 bits per heavy atom. The third-order valence-electron chi connectivity index (χ3n) is 4.94. The fraction of sp³-hybridized carbons (Fsp3) is 0.263. The first-order valence-electron chi connectivity index (χ1n) is 9.07. The Morgan fingerprint density at radius 2 is 2.20 bits per heavy atom. The summed E-state index contributed by atoms with van der Waals surface area (Å²) in [6.45, 7) is 1.78. The number of anilines is 1. The number of nitrogens with two attached hydrogens (primary N) is 2. The zero-order valence-corrected chi connectivity index (χ0v) is 17.5. The highest BCUT2D eigenvalue weighted by Gasteiger charge is 2.54. The van der Waals surface area contributed by atoms with Crippen LogP contribution >= 0.6 is 23.1 Å². The summed E-state index contributed by atoms with van der Waals surface area (Å²) in [6.07, 6.45) is 3.42. The van der Waals surface area contributed by atoms with E-state index in [-0.39, 0.29) is 5.70 Å². The number of thiazole rings is 1. The van der Waals surface area contributed by atoms with Gasteiger partial charge in [0.1, 0.15) is 23.2 Å². The van der Waals surface area contributed by atoms with E-state index in [0.717, 1.165) is 10.2 Å². The molecule has 0 spiro atoms. The first-order chi connectivity index (χ1) is 14.3. The van der Waals surface area contributed by atoms with Crippen LogP contribution in [0.4, 0.5) is 5.13 Å². The fourth-order valence-corrected chi connectivity index (χ4v) is 5.62. The van der Waals surface area contributed by atoms with Crippen LogP contribution in [0.15, 0.2) is 41.6 Å². The van der Waals surface area contributed by atoms with Gasteiger partial charge in [-0.05, 0) is 30.2 Å². The molecule has 2 aliphatic heterocycles. The Kier molecular flexibility index (Phi) is 5.26. The Balaban J connectivity index is 1.50. The quantitative estimate of drug-likeness (QED) is 0.501. The molecule has 0 radical (unpaired) electrons. The minimum atomic E-state index is -1.17. The SMILES string of the molecule is C/C=C\C1=C(C(=O)O)N2C(=O)C(NC(=O)C(N)c3ccc4nc(N)sc4c3)C2SC1. The van der Waals surface area contributed by atoms with Crippen molar-refractivity contribution >= 4 is 56.2 Å². The number of fused-ring (bicyclic) bond motifs is 2. The molecule has 4 rings (SSSR count). The molecule has 156 valence electrons. The van der Waals surface area contributed by atoms with Crippen LogP contribution in [-0.4, -0.2) is 49.9 Å². The van der Waals surface area contributed by atoms with Crippen LogP contribution < -0.4 is 16.8 Å². The van der Waals surface area contributed by atoms with Gasteiger partial charge in [-0.2, -0.15) is 0 Å². The number of nitrogens with one attached hydrogen (secondary N) is 1. The molecule has 30 heavy (non-hydrogen) atoms. The van der Waals surface area contributed by atoms with Gasteiger partial charge in [0.05, 0.1) is 10.2 Å². The average molecular weight is 446 g/mol. The molecule has 11 heteroatoms. The third kappa shape index (κ3) is 3.34. The summed E-state index contributed by atoms with van der Waals surface area (Å²) < 4.78 is 0.815. The summed E-state index contributed by atoms with van der Waals surface area (Å²) in [4.78, 5) is 42.4. The van der Waals surface area contributed by atoms with Crippen LogP contribution in [0, 0.1) is 0 Å². The molecule has 3 heterocycles. The topological polar surface area (TPSA) is 152 Å². The predicted molar refractivity (Wildman–Crippen MR) is 115 cm³/mol. The van der Waals surface area contributed by atoms with Gasteiger partial charge >= 0.3 is 5.97 Å². The van der Waals surface area contributed by atoms with E-state index in [1.165, 1.54) is 28.0 Å². The Hall–Kier alpha value is -2.89. The molecule has 2 aliphatic rings. The lowest BCUT2D eigenvalue weighted by molar-refractivity contribution is -0.150. The average Bonchev–Trinajstić information content (AvgIpc) is 3.09. The summed E-state index contributed by atoms with van der Waals surface area (Å²) in [5.41, 5.74) is 13.6. The molecule has 0 bridgehead atoms. The summed E-state index contributed by atoms with van der Waals surface area (Å²) >= 11 is 2.70. The number of carbonyl (C=O) groups is 3. The number of carboxylic acid groups (broad SMARTS) is 1. The highest BCUT2D eigenvalue weighted by atomic mass is 32.2. The molecule has 1 aromatic carbocycles. The van der Waals surface area contributed by atoms with E-state index in [2.05, 4.69) is 10.3 Å². The predicted octanol–water partition coefficient (Wildman–Crippen LogP) is 1.19. The van der Waals surface area contributed by atoms with Crippen LogP contribution in [0.3, 0.4) is 0 Å². The molecule has 0 saturated carbocycles. The number of β-lactam (4-membered cyclic amide) rings is 1. The van der Waals surface area contributed by atoms with Gasteiger partial charge in [-0.15, -0.1) is 11.8 Å². The van der Waals surface area contributed by atoms with Crippen molar-refractivity contribution in [3.05, 3.63) is 47.2 Å². The van der Waals surface area contributed by atoms with E-state index >= 15 is 0 Å². The Morgan fingerprint density at radius 3 is 2.90 bits per heavy atom. The van der Waals surface area contributed by atoms with Gasteiger partial charge in [-0.1, -0.05) is 29.6 Å². The van der Waals surface area contributed by atoms with Gasteiger partial charge < -0.3 is 21.9 Å². The number of hydrogen-bond acceptors (Lipinski definition) is 8. The number of amides is 2. The summed E-state index contributed by atoms with van der Waals surface area (Å²) in [5.74, 6) is -1.70. The monoisotopic (exact) mass is 445 g/mol. The lowest BCUT2D eigenvalue weighted by Gasteiger charge is -2.49. The van der Waals surface area contributed by atoms with Crippen molar-refractivity contribution in [1.82, 2.24) is 15.2 Å². The van der Waals surface area contributed by atoms with Gasteiger partial charge in [-0.3, -0.25) is 14.5 Å². The molecule has 3 atom stereocenters. The summed E-state index contributed by atoms with van der Waals surface area (Å²) in [5, 5.41) is 12.2. The molecule has 9 nitrogen and oxygen atoms in total. The maximum absolute atomic E-state index is 12.7. The molecule has 2 amide bonds. The summed E-state index contributed by atoms with van der Waals surface area (Å²) in [6, 6.07) is 3.39. The van der Waals surface area contributed by atoms with Crippen molar-refractivity contribution in [3.63, 3.8) is 0 Å². The van der Waals surface area contributed by atoms with E-state index in [4.69, 9.17) is 11.5 Å².